The van der Waals surface area contributed by atoms with E-state index < -0.39 is 0 Å². The van der Waals surface area contributed by atoms with Gasteiger partial charge in [0.15, 0.2) is 0 Å². The van der Waals surface area contributed by atoms with Crippen LogP contribution in [0.25, 0.3) is 10.4 Å². The van der Waals surface area contributed by atoms with Crippen molar-refractivity contribution in [2.24, 2.45) is 0 Å². The second-order valence-corrected chi connectivity index (χ2v) is 7.28. The van der Waals surface area contributed by atoms with Crippen molar-refractivity contribution in [2.45, 2.75) is 13.8 Å². The zero-order valence-electron chi connectivity index (χ0n) is 16.5. The summed E-state index contributed by atoms with van der Waals surface area (Å²) < 4.78 is 0. The van der Waals surface area contributed by atoms with Gasteiger partial charge < -0.3 is 9.80 Å². The maximum absolute atomic E-state index is 12.4. The van der Waals surface area contributed by atoms with E-state index in [9.17, 15) is 4.79 Å². The Morgan fingerprint density at radius 1 is 0.964 bits per heavy atom. The zero-order chi connectivity index (χ0) is 19.9. The van der Waals surface area contributed by atoms with E-state index in [2.05, 4.69) is 54.9 Å². The number of hydrogen-bond acceptors (Lipinski definition) is 3. The van der Waals surface area contributed by atoms with Gasteiger partial charge in [-0.3, -0.25) is 4.79 Å². The monoisotopic (exact) mass is 388 g/mol. The molecule has 0 N–H and O–H groups in total. The summed E-state index contributed by atoms with van der Waals surface area (Å²) >= 11 is 1.63. The molecular formula is C24H24N2OS. The van der Waals surface area contributed by atoms with Crippen LogP contribution in [-0.4, -0.2) is 26.0 Å². The number of carbonyl (C=O) groups excluding carboxylic acids is 1. The lowest BCUT2D eigenvalue weighted by Gasteiger charge is -2.21. The molecule has 1 heterocycles. The summed E-state index contributed by atoms with van der Waals surface area (Å²) in [4.78, 5) is 17.5. The Morgan fingerprint density at radius 3 is 2.29 bits per heavy atom. The Balaban J connectivity index is 1.73. The van der Waals surface area contributed by atoms with Gasteiger partial charge in [-0.2, -0.15) is 0 Å². The van der Waals surface area contributed by atoms with Crippen LogP contribution in [0.1, 0.15) is 19.4 Å². The molecule has 0 radical (unpaired) electrons. The molecule has 3 rings (SSSR count). The Hall–Kier alpha value is -3.03. The van der Waals surface area contributed by atoms with Crippen molar-refractivity contribution in [3.05, 3.63) is 71.6 Å². The number of carbonyl (C=O) groups is 1. The van der Waals surface area contributed by atoms with Crippen molar-refractivity contribution >= 4 is 28.6 Å². The van der Waals surface area contributed by atoms with Crippen LogP contribution in [0.4, 0.5) is 11.4 Å². The second-order valence-electron chi connectivity index (χ2n) is 6.37. The smallest absolute Gasteiger partial charge is 0.303 e. The third-order valence-electron chi connectivity index (χ3n) is 4.65. The van der Waals surface area contributed by atoms with Crippen LogP contribution in [0.3, 0.4) is 0 Å². The minimum Gasteiger partial charge on any atom is -0.372 e. The third-order valence-corrected chi connectivity index (χ3v) is 5.61. The fourth-order valence-corrected chi connectivity index (χ4v) is 3.86. The van der Waals surface area contributed by atoms with Gasteiger partial charge >= 0.3 is 5.91 Å². The van der Waals surface area contributed by atoms with Crippen molar-refractivity contribution in [1.29, 1.82) is 0 Å². The number of amides is 1. The Labute approximate surface area is 171 Å². The number of benzene rings is 2. The summed E-state index contributed by atoms with van der Waals surface area (Å²) in [7, 11) is 1.76. The average Bonchev–Trinajstić information content (AvgIpc) is 3.24. The van der Waals surface area contributed by atoms with E-state index in [0.717, 1.165) is 34.8 Å². The van der Waals surface area contributed by atoms with Gasteiger partial charge in [-0.25, -0.2) is 0 Å². The topological polar surface area (TPSA) is 23.6 Å². The molecule has 1 aromatic heterocycles. The summed E-state index contributed by atoms with van der Waals surface area (Å²) in [6, 6.07) is 20.2. The first-order valence-corrected chi connectivity index (χ1v) is 10.3. The molecule has 0 spiro atoms. The first kappa shape index (κ1) is 19.7. The summed E-state index contributed by atoms with van der Waals surface area (Å²) in [5.74, 6) is 5.42. The quantitative estimate of drug-likeness (QED) is 0.556. The van der Waals surface area contributed by atoms with Crippen molar-refractivity contribution < 1.29 is 4.79 Å². The average molecular weight is 389 g/mol. The van der Waals surface area contributed by atoms with Crippen molar-refractivity contribution in [2.75, 3.05) is 29.9 Å². The van der Waals surface area contributed by atoms with Crippen molar-refractivity contribution in [3.63, 3.8) is 0 Å². The second kappa shape index (κ2) is 9.25. The van der Waals surface area contributed by atoms with Crippen molar-refractivity contribution in [1.82, 2.24) is 0 Å². The van der Waals surface area contributed by atoms with Gasteiger partial charge in [0.1, 0.15) is 0 Å². The molecule has 0 aliphatic carbocycles. The molecule has 0 bridgehead atoms. The number of rotatable bonds is 5. The molecule has 2 aromatic carbocycles. The minimum atomic E-state index is -0.218. The molecule has 0 unspecified atom stereocenters. The molecule has 28 heavy (non-hydrogen) atoms. The molecule has 3 nitrogen and oxygen atoms in total. The fraction of sp³-hybridized carbons (Fsp3) is 0.208. The first-order valence-electron chi connectivity index (χ1n) is 9.41. The lowest BCUT2D eigenvalue weighted by Crippen LogP contribution is -2.23. The normalized spacial score (nSPS) is 10.1. The van der Waals surface area contributed by atoms with Gasteiger partial charge in [0, 0.05) is 47.6 Å². The van der Waals surface area contributed by atoms with E-state index in [0.29, 0.717) is 0 Å². The van der Waals surface area contributed by atoms with Gasteiger partial charge in [0.2, 0.25) is 0 Å². The Kier molecular flexibility index (Phi) is 6.52. The fourth-order valence-electron chi connectivity index (χ4n) is 2.93. The molecule has 0 aliphatic rings. The number of thiophene rings is 1. The number of nitrogens with zero attached hydrogens (tertiary/aromatic N) is 2. The van der Waals surface area contributed by atoms with Crippen LogP contribution in [0.2, 0.25) is 0 Å². The van der Waals surface area contributed by atoms with Gasteiger partial charge in [0.05, 0.1) is 5.69 Å². The third kappa shape index (κ3) is 4.62. The first-order chi connectivity index (χ1) is 13.6. The highest BCUT2D eigenvalue weighted by atomic mass is 32.1. The van der Waals surface area contributed by atoms with E-state index in [-0.39, 0.29) is 5.91 Å². The summed E-state index contributed by atoms with van der Waals surface area (Å²) in [6.07, 6.45) is 0. The standard InChI is InChI=1S/C24H24N2OS/c1-4-26(5-2)21-14-12-20(13-15-21)23-17-22(18-28-23)25(3)24(27)16-11-19-9-7-6-8-10-19/h6-10,12-15,17-18H,4-5H2,1-3H3. The maximum atomic E-state index is 12.4. The van der Waals surface area contributed by atoms with E-state index in [1.165, 1.54) is 5.69 Å². The predicted molar refractivity (Wildman–Crippen MR) is 120 cm³/mol. The van der Waals surface area contributed by atoms with E-state index in [1.807, 2.05) is 41.8 Å². The molecule has 142 valence electrons. The van der Waals surface area contributed by atoms with E-state index in [1.54, 1.807) is 23.3 Å². The van der Waals surface area contributed by atoms with Crippen LogP contribution < -0.4 is 9.80 Å². The van der Waals surface area contributed by atoms with E-state index >= 15 is 0 Å². The lowest BCUT2D eigenvalue weighted by atomic mass is 10.1. The maximum Gasteiger partial charge on any atom is 0.303 e. The van der Waals surface area contributed by atoms with Crippen LogP contribution in [0.5, 0.6) is 0 Å². The Bertz CT molecular complexity index is 977. The predicted octanol–water partition coefficient (Wildman–Crippen LogP) is 5.28. The van der Waals surface area contributed by atoms with Crippen molar-refractivity contribution in [3.8, 4) is 22.3 Å². The highest BCUT2D eigenvalue weighted by molar-refractivity contribution is 7.14. The highest BCUT2D eigenvalue weighted by Crippen LogP contribution is 2.32. The molecule has 0 saturated carbocycles. The molecule has 1 amide bonds. The van der Waals surface area contributed by atoms with Crippen LogP contribution >= 0.6 is 11.3 Å². The van der Waals surface area contributed by atoms with Gasteiger partial charge in [-0.05, 0) is 49.7 Å². The summed E-state index contributed by atoms with van der Waals surface area (Å²) in [5, 5.41) is 2.00. The molecular weight excluding hydrogens is 364 g/mol. The summed E-state index contributed by atoms with van der Waals surface area (Å²) in [6.45, 7) is 6.32. The van der Waals surface area contributed by atoms with Crippen LogP contribution in [-0.2, 0) is 4.79 Å². The Morgan fingerprint density at radius 2 is 1.64 bits per heavy atom. The SMILES string of the molecule is CCN(CC)c1ccc(-c2cc(N(C)C(=O)C#Cc3ccccc3)cs2)cc1. The molecule has 0 saturated heterocycles. The number of anilines is 2. The molecule has 4 heteroatoms. The number of hydrogen-bond donors (Lipinski definition) is 0. The highest BCUT2D eigenvalue weighted by Gasteiger charge is 2.12. The van der Waals surface area contributed by atoms with Gasteiger partial charge in [-0.15, -0.1) is 11.3 Å². The van der Waals surface area contributed by atoms with Gasteiger partial charge in [0.25, 0.3) is 0 Å². The molecule has 0 atom stereocenters. The van der Waals surface area contributed by atoms with E-state index in [4.69, 9.17) is 0 Å². The lowest BCUT2D eigenvalue weighted by molar-refractivity contribution is -0.113. The van der Waals surface area contributed by atoms with Crippen LogP contribution in [0, 0.1) is 11.8 Å². The largest absolute Gasteiger partial charge is 0.372 e. The molecule has 0 fully saturated rings. The summed E-state index contributed by atoms with van der Waals surface area (Å²) in [5.41, 5.74) is 4.08. The van der Waals surface area contributed by atoms with Gasteiger partial charge in [-0.1, -0.05) is 36.3 Å². The minimum absolute atomic E-state index is 0.218. The molecule has 0 aliphatic heterocycles. The zero-order valence-corrected chi connectivity index (χ0v) is 17.3. The van der Waals surface area contributed by atoms with Crippen LogP contribution in [0.15, 0.2) is 66.0 Å². The molecule has 3 aromatic rings.